The van der Waals surface area contributed by atoms with Gasteiger partial charge in [-0.3, -0.25) is 0 Å². The smallest absolute Gasteiger partial charge is 0.161 e. The molecule has 2 heteroatoms. The number of anilines is 1. The Labute approximate surface area is 89.1 Å². The van der Waals surface area contributed by atoms with Crippen LogP contribution in [0.2, 0.25) is 0 Å². The van der Waals surface area contributed by atoms with E-state index in [9.17, 15) is 0 Å². The number of fused-ring (bicyclic) bond motifs is 2. The lowest BCUT2D eigenvalue weighted by atomic mass is 10.1. The maximum absolute atomic E-state index is 5.64. The highest BCUT2D eigenvalue weighted by atomic mass is 16.5. The second kappa shape index (κ2) is 3.16. The van der Waals surface area contributed by atoms with Gasteiger partial charge < -0.3 is 9.64 Å². The van der Waals surface area contributed by atoms with Gasteiger partial charge in [-0.2, -0.15) is 0 Å². The maximum atomic E-state index is 5.64. The van der Waals surface area contributed by atoms with Crippen molar-refractivity contribution in [1.29, 1.82) is 0 Å². The molecule has 0 amide bonds. The number of rotatable bonds is 1. The number of benzene rings is 2. The van der Waals surface area contributed by atoms with Crippen LogP contribution in [-0.2, 0) is 0 Å². The van der Waals surface area contributed by atoms with Crippen molar-refractivity contribution in [3.8, 4) is 5.75 Å². The molecule has 1 aliphatic heterocycles. The SMILES string of the molecule is CCN1COc2cc3ccccc3cc21. The van der Waals surface area contributed by atoms with E-state index in [4.69, 9.17) is 4.74 Å². The summed E-state index contributed by atoms with van der Waals surface area (Å²) in [5.74, 6) is 1.01. The summed E-state index contributed by atoms with van der Waals surface area (Å²) in [7, 11) is 0. The van der Waals surface area contributed by atoms with Crippen LogP contribution in [-0.4, -0.2) is 13.3 Å². The molecule has 1 heterocycles. The summed E-state index contributed by atoms with van der Waals surface area (Å²) in [6, 6.07) is 12.7. The van der Waals surface area contributed by atoms with Crippen LogP contribution in [0, 0.1) is 0 Å². The lowest BCUT2D eigenvalue weighted by molar-refractivity contribution is 0.348. The standard InChI is InChI=1S/C13H13NO/c1-2-14-9-15-13-8-11-6-4-3-5-10(11)7-12(13)14/h3-8H,2,9H2,1H3. The topological polar surface area (TPSA) is 12.5 Å². The minimum absolute atomic E-state index is 0.683. The van der Waals surface area contributed by atoms with Gasteiger partial charge in [0.2, 0.25) is 0 Å². The summed E-state index contributed by atoms with van der Waals surface area (Å²) < 4.78 is 5.64. The van der Waals surface area contributed by atoms with Gasteiger partial charge in [-0.05, 0) is 29.8 Å². The third-order valence-electron chi connectivity index (χ3n) is 2.93. The van der Waals surface area contributed by atoms with E-state index in [0.29, 0.717) is 6.73 Å². The Morgan fingerprint density at radius 3 is 2.67 bits per heavy atom. The molecule has 2 aromatic carbocycles. The fraction of sp³-hybridized carbons (Fsp3) is 0.231. The lowest BCUT2D eigenvalue weighted by Crippen LogP contribution is -2.20. The highest BCUT2D eigenvalue weighted by molar-refractivity contribution is 5.89. The van der Waals surface area contributed by atoms with Crippen molar-refractivity contribution in [2.45, 2.75) is 6.92 Å². The first-order valence-electron chi connectivity index (χ1n) is 5.29. The van der Waals surface area contributed by atoms with Crippen LogP contribution in [0.25, 0.3) is 10.8 Å². The second-order valence-electron chi connectivity index (χ2n) is 3.80. The van der Waals surface area contributed by atoms with E-state index in [2.05, 4.69) is 48.2 Å². The Morgan fingerprint density at radius 2 is 1.93 bits per heavy atom. The van der Waals surface area contributed by atoms with Crippen LogP contribution in [0.15, 0.2) is 36.4 Å². The van der Waals surface area contributed by atoms with Crippen LogP contribution in [0.5, 0.6) is 5.75 Å². The second-order valence-corrected chi connectivity index (χ2v) is 3.80. The molecule has 0 aliphatic carbocycles. The Morgan fingerprint density at radius 1 is 1.20 bits per heavy atom. The van der Waals surface area contributed by atoms with Gasteiger partial charge in [0.1, 0.15) is 5.75 Å². The minimum atomic E-state index is 0.683. The minimum Gasteiger partial charge on any atom is -0.471 e. The molecule has 0 N–H and O–H groups in total. The molecular formula is C13H13NO. The van der Waals surface area contributed by atoms with Crippen molar-refractivity contribution in [2.75, 3.05) is 18.2 Å². The van der Waals surface area contributed by atoms with Crippen LogP contribution in [0.3, 0.4) is 0 Å². The van der Waals surface area contributed by atoms with Gasteiger partial charge >= 0.3 is 0 Å². The highest BCUT2D eigenvalue weighted by Gasteiger charge is 2.19. The Kier molecular flexibility index (Phi) is 1.81. The normalized spacial score (nSPS) is 14.1. The first kappa shape index (κ1) is 8.60. The largest absolute Gasteiger partial charge is 0.471 e. The summed E-state index contributed by atoms with van der Waals surface area (Å²) in [4.78, 5) is 2.24. The lowest BCUT2D eigenvalue weighted by Gasteiger charge is -2.13. The van der Waals surface area contributed by atoms with Crippen LogP contribution in [0.4, 0.5) is 5.69 Å². The molecule has 2 nitrogen and oxygen atoms in total. The Bertz CT molecular complexity index is 507. The van der Waals surface area contributed by atoms with Crippen molar-refractivity contribution >= 4 is 16.5 Å². The van der Waals surface area contributed by atoms with E-state index in [1.807, 2.05) is 0 Å². The summed E-state index contributed by atoms with van der Waals surface area (Å²) >= 11 is 0. The van der Waals surface area contributed by atoms with Crippen molar-refractivity contribution in [3.63, 3.8) is 0 Å². The summed E-state index contributed by atoms with van der Waals surface area (Å²) in [5.41, 5.74) is 1.22. The predicted molar refractivity (Wildman–Crippen MR) is 62.5 cm³/mol. The summed E-state index contributed by atoms with van der Waals surface area (Å²) in [6.45, 7) is 3.82. The number of nitrogens with zero attached hydrogens (tertiary/aromatic N) is 1. The molecule has 0 bridgehead atoms. The van der Waals surface area contributed by atoms with Gasteiger partial charge in [0.25, 0.3) is 0 Å². The molecule has 3 rings (SSSR count). The fourth-order valence-corrected chi connectivity index (χ4v) is 2.05. The third kappa shape index (κ3) is 1.25. The van der Waals surface area contributed by atoms with Crippen molar-refractivity contribution < 1.29 is 4.74 Å². The number of hydrogen-bond donors (Lipinski definition) is 0. The monoisotopic (exact) mass is 199 g/mol. The van der Waals surface area contributed by atoms with Gasteiger partial charge in [0.05, 0.1) is 5.69 Å². The third-order valence-corrected chi connectivity index (χ3v) is 2.93. The molecule has 0 unspecified atom stereocenters. The summed E-state index contributed by atoms with van der Waals surface area (Å²) in [6.07, 6.45) is 0. The predicted octanol–water partition coefficient (Wildman–Crippen LogP) is 3.02. The van der Waals surface area contributed by atoms with E-state index >= 15 is 0 Å². The number of ether oxygens (including phenoxy) is 1. The zero-order chi connectivity index (χ0) is 10.3. The van der Waals surface area contributed by atoms with Crippen LogP contribution >= 0.6 is 0 Å². The van der Waals surface area contributed by atoms with E-state index in [1.165, 1.54) is 16.5 Å². The van der Waals surface area contributed by atoms with Crippen molar-refractivity contribution in [1.82, 2.24) is 0 Å². The average Bonchev–Trinajstić information content (AvgIpc) is 2.68. The quantitative estimate of drug-likeness (QED) is 0.700. The zero-order valence-electron chi connectivity index (χ0n) is 8.73. The molecule has 0 saturated heterocycles. The molecule has 76 valence electrons. The fourth-order valence-electron chi connectivity index (χ4n) is 2.05. The summed E-state index contributed by atoms with van der Waals surface area (Å²) in [5, 5.41) is 2.52. The highest BCUT2D eigenvalue weighted by Crippen LogP contribution is 2.37. The molecule has 0 radical (unpaired) electrons. The molecule has 2 aromatic rings. The van der Waals surface area contributed by atoms with Crippen LogP contribution < -0.4 is 9.64 Å². The maximum Gasteiger partial charge on any atom is 0.161 e. The molecule has 15 heavy (non-hydrogen) atoms. The number of hydrogen-bond acceptors (Lipinski definition) is 2. The molecular weight excluding hydrogens is 186 g/mol. The first-order chi connectivity index (χ1) is 7.38. The Hall–Kier alpha value is -1.70. The van der Waals surface area contributed by atoms with Crippen molar-refractivity contribution in [2.24, 2.45) is 0 Å². The van der Waals surface area contributed by atoms with E-state index in [-0.39, 0.29) is 0 Å². The molecule has 1 aliphatic rings. The van der Waals surface area contributed by atoms with Gasteiger partial charge in [-0.25, -0.2) is 0 Å². The van der Waals surface area contributed by atoms with E-state index in [0.717, 1.165) is 12.3 Å². The van der Waals surface area contributed by atoms with E-state index in [1.54, 1.807) is 0 Å². The van der Waals surface area contributed by atoms with Gasteiger partial charge in [-0.15, -0.1) is 0 Å². The van der Waals surface area contributed by atoms with Gasteiger partial charge in [0.15, 0.2) is 6.73 Å². The van der Waals surface area contributed by atoms with Gasteiger partial charge in [-0.1, -0.05) is 24.3 Å². The molecule has 0 spiro atoms. The molecule has 0 fully saturated rings. The Balaban J connectivity index is 2.23. The van der Waals surface area contributed by atoms with Crippen LogP contribution in [0.1, 0.15) is 6.92 Å². The molecule has 0 aromatic heterocycles. The first-order valence-corrected chi connectivity index (χ1v) is 5.29. The van der Waals surface area contributed by atoms with E-state index < -0.39 is 0 Å². The zero-order valence-corrected chi connectivity index (χ0v) is 8.73. The molecule has 0 atom stereocenters. The molecule has 0 saturated carbocycles. The van der Waals surface area contributed by atoms with Crippen molar-refractivity contribution in [3.05, 3.63) is 36.4 Å². The average molecular weight is 199 g/mol. The van der Waals surface area contributed by atoms with Gasteiger partial charge in [0, 0.05) is 6.54 Å².